The third kappa shape index (κ3) is 5.65. The molecule has 2 rings (SSSR count). The summed E-state index contributed by atoms with van der Waals surface area (Å²) in [5, 5.41) is 0. The van der Waals surface area contributed by atoms with Crippen molar-refractivity contribution in [1.29, 1.82) is 0 Å². The molecule has 0 radical (unpaired) electrons. The molecule has 0 aromatic heterocycles. The van der Waals surface area contributed by atoms with E-state index >= 15 is 0 Å². The minimum Gasteiger partial charge on any atom is -0.328 e. The second-order valence-corrected chi connectivity index (χ2v) is 4.83. The standard InChI is InChI=1S/C14H14.C3H9N/c1-12-7-5-6-10-14(12)11-13-8-3-2-4-9-13;1-3(2)4/h2-10H,11H2,1H3;3H,4H2,1-2H3. The van der Waals surface area contributed by atoms with E-state index in [9.17, 15) is 0 Å². The van der Waals surface area contributed by atoms with E-state index in [0.29, 0.717) is 6.04 Å². The van der Waals surface area contributed by atoms with Crippen LogP contribution in [-0.2, 0) is 6.42 Å². The van der Waals surface area contributed by atoms with Gasteiger partial charge in [0.2, 0.25) is 0 Å². The summed E-state index contributed by atoms with van der Waals surface area (Å²) < 4.78 is 0. The lowest BCUT2D eigenvalue weighted by atomic mass is 10.0. The first-order valence-corrected chi connectivity index (χ1v) is 6.43. The molecule has 2 aromatic carbocycles. The smallest absolute Gasteiger partial charge is 0.00179 e. The summed E-state index contributed by atoms with van der Waals surface area (Å²) in [7, 11) is 0. The van der Waals surface area contributed by atoms with Crippen LogP contribution in [0.5, 0.6) is 0 Å². The van der Waals surface area contributed by atoms with Crippen LogP contribution >= 0.6 is 0 Å². The number of nitrogens with two attached hydrogens (primary N) is 1. The van der Waals surface area contributed by atoms with Gasteiger partial charge >= 0.3 is 0 Å². The van der Waals surface area contributed by atoms with Crippen molar-refractivity contribution in [1.82, 2.24) is 0 Å². The Morgan fingerprint density at radius 1 is 0.889 bits per heavy atom. The molecular formula is C17H23N. The highest BCUT2D eigenvalue weighted by Crippen LogP contribution is 2.12. The molecular weight excluding hydrogens is 218 g/mol. The largest absolute Gasteiger partial charge is 0.328 e. The van der Waals surface area contributed by atoms with Gasteiger partial charge in [0, 0.05) is 0 Å². The van der Waals surface area contributed by atoms with Gasteiger partial charge in [0.1, 0.15) is 0 Å². The molecule has 2 aromatic rings. The molecule has 0 bridgehead atoms. The fourth-order valence-corrected chi connectivity index (χ4v) is 1.62. The highest BCUT2D eigenvalue weighted by Gasteiger charge is 1.97. The Hall–Kier alpha value is -1.60. The van der Waals surface area contributed by atoms with Crippen LogP contribution in [0.2, 0.25) is 0 Å². The van der Waals surface area contributed by atoms with E-state index in [1.807, 2.05) is 13.8 Å². The number of hydrogen-bond donors (Lipinski definition) is 1. The Morgan fingerprint density at radius 3 is 1.94 bits per heavy atom. The van der Waals surface area contributed by atoms with Crippen LogP contribution in [0.4, 0.5) is 0 Å². The molecule has 1 heteroatoms. The summed E-state index contributed by atoms with van der Waals surface area (Å²) in [5.74, 6) is 0. The number of benzene rings is 2. The Balaban J connectivity index is 0.000000357. The number of rotatable bonds is 2. The van der Waals surface area contributed by atoms with E-state index < -0.39 is 0 Å². The van der Waals surface area contributed by atoms with Gasteiger partial charge in [-0.15, -0.1) is 0 Å². The lowest BCUT2D eigenvalue weighted by Crippen LogP contribution is -2.06. The van der Waals surface area contributed by atoms with E-state index in [2.05, 4.69) is 61.5 Å². The molecule has 1 nitrogen and oxygen atoms in total. The van der Waals surface area contributed by atoms with Crippen molar-refractivity contribution in [2.24, 2.45) is 5.73 Å². The third-order valence-electron chi connectivity index (χ3n) is 2.50. The molecule has 0 spiro atoms. The lowest BCUT2D eigenvalue weighted by molar-refractivity contribution is 0.834. The van der Waals surface area contributed by atoms with Crippen molar-refractivity contribution >= 4 is 0 Å². The zero-order valence-electron chi connectivity index (χ0n) is 11.6. The zero-order chi connectivity index (χ0) is 13.4. The van der Waals surface area contributed by atoms with Gasteiger partial charge in [-0.25, -0.2) is 0 Å². The molecule has 96 valence electrons. The zero-order valence-corrected chi connectivity index (χ0v) is 11.6. The van der Waals surface area contributed by atoms with Gasteiger partial charge in [-0.05, 0) is 36.1 Å². The Labute approximate surface area is 111 Å². The molecule has 0 saturated heterocycles. The van der Waals surface area contributed by atoms with Gasteiger partial charge < -0.3 is 5.73 Å². The second-order valence-electron chi connectivity index (χ2n) is 4.83. The fraction of sp³-hybridized carbons (Fsp3) is 0.294. The first kappa shape index (κ1) is 14.5. The van der Waals surface area contributed by atoms with Gasteiger partial charge in [0.05, 0.1) is 0 Å². The summed E-state index contributed by atoms with van der Waals surface area (Å²) >= 11 is 0. The van der Waals surface area contributed by atoms with Crippen LogP contribution in [-0.4, -0.2) is 6.04 Å². The maximum Gasteiger partial charge on any atom is -0.00179 e. The monoisotopic (exact) mass is 241 g/mol. The average Bonchev–Trinajstić information content (AvgIpc) is 2.33. The van der Waals surface area contributed by atoms with Crippen molar-refractivity contribution in [2.75, 3.05) is 0 Å². The Kier molecular flexibility index (Phi) is 6.16. The summed E-state index contributed by atoms with van der Waals surface area (Å²) in [4.78, 5) is 0. The summed E-state index contributed by atoms with van der Waals surface area (Å²) in [5.41, 5.74) is 9.27. The second kappa shape index (κ2) is 7.67. The minimum absolute atomic E-state index is 0.333. The van der Waals surface area contributed by atoms with Crippen molar-refractivity contribution in [3.63, 3.8) is 0 Å². The maximum atomic E-state index is 5.11. The van der Waals surface area contributed by atoms with Crippen molar-refractivity contribution in [3.8, 4) is 0 Å². The highest BCUT2D eigenvalue weighted by atomic mass is 14.6. The fourth-order valence-electron chi connectivity index (χ4n) is 1.62. The molecule has 2 N–H and O–H groups in total. The lowest BCUT2D eigenvalue weighted by Gasteiger charge is -2.04. The van der Waals surface area contributed by atoms with Crippen LogP contribution in [0, 0.1) is 6.92 Å². The minimum atomic E-state index is 0.333. The van der Waals surface area contributed by atoms with E-state index in [-0.39, 0.29) is 0 Å². The average molecular weight is 241 g/mol. The molecule has 0 aliphatic carbocycles. The topological polar surface area (TPSA) is 26.0 Å². The summed E-state index contributed by atoms with van der Waals surface area (Å²) in [6.45, 7) is 6.05. The Bertz CT molecular complexity index is 443. The normalized spacial score (nSPS) is 9.83. The molecule has 0 amide bonds. The third-order valence-corrected chi connectivity index (χ3v) is 2.50. The van der Waals surface area contributed by atoms with Crippen molar-refractivity contribution < 1.29 is 0 Å². The molecule has 0 saturated carbocycles. The summed E-state index contributed by atoms with van der Waals surface area (Å²) in [6.07, 6.45) is 1.04. The van der Waals surface area contributed by atoms with E-state index in [4.69, 9.17) is 5.73 Å². The van der Waals surface area contributed by atoms with Crippen LogP contribution in [0.25, 0.3) is 0 Å². The van der Waals surface area contributed by atoms with Gasteiger partial charge in [-0.3, -0.25) is 0 Å². The molecule has 0 atom stereocenters. The summed E-state index contributed by atoms with van der Waals surface area (Å²) in [6, 6.07) is 19.5. The molecule has 0 aliphatic rings. The predicted molar refractivity (Wildman–Crippen MR) is 79.8 cm³/mol. The molecule has 0 heterocycles. The SMILES string of the molecule is CC(C)N.Cc1ccccc1Cc1ccccc1. The first-order chi connectivity index (χ1) is 8.59. The molecule has 0 unspecified atom stereocenters. The van der Waals surface area contributed by atoms with E-state index in [1.165, 1.54) is 16.7 Å². The van der Waals surface area contributed by atoms with Crippen LogP contribution in [0.1, 0.15) is 30.5 Å². The van der Waals surface area contributed by atoms with Gasteiger partial charge in [0.25, 0.3) is 0 Å². The Morgan fingerprint density at radius 2 is 1.39 bits per heavy atom. The number of hydrogen-bond acceptors (Lipinski definition) is 1. The predicted octanol–water partition coefficient (Wildman–Crippen LogP) is 3.94. The van der Waals surface area contributed by atoms with E-state index in [1.54, 1.807) is 0 Å². The quantitative estimate of drug-likeness (QED) is 0.846. The highest BCUT2D eigenvalue weighted by molar-refractivity contribution is 5.31. The first-order valence-electron chi connectivity index (χ1n) is 6.43. The van der Waals surface area contributed by atoms with Crippen LogP contribution < -0.4 is 5.73 Å². The van der Waals surface area contributed by atoms with Crippen LogP contribution in [0.15, 0.2) is 54.6 Å². The maximum absolute atomic E-state index is 5.11. The van der Waals surface area contributed by atoms with Gasteiger partial charge in [-0.2, -0.15) is 0 Å². The molecule has 18 heavy (non-hydrogen) atoms. The van der Waals surface area contributed by atoms with Gasteiger partial charge in [0.15, 0.2) is 0 Å². The van der Waals surface area contributed by atoms with Crippen molar-refractivity contribution in [3.05, 3.63) is 71.3 Å². The van der Waals surface area contributed by atoms with Crippen LogP contribution in [0.3, 0.4) is 0 Å². The van der Waals surface area contributed by atoms with Crippen molar-refractivity contribution in [2.45, 2.75) is 33.2 Å². The molecule has 0 aliphatic heterocycles. The van der Waals surface area contributed by atoms with E-state index in [0.717, 1.165) is 6.42 Å². The molecule has 0 fully saturated rings. The van der Waals surface area contributed by atoms with Gasteiger partial charge in [-0.1, -0.05) is 68.4 Å². The number of aryl methyl sites for hydroxylation is 1.